The van der Waals surface area contributed by atoms with Gasteiger partial charge in [-0.2, -0.15) is 0 Å². The molecule has 0 saturated carbocycles. The molecule has 160 valence electrons. The number of piperidine rings is 1. The van der Waals surface area contributed by atoms with E-state index in [-0.39, 0.29) is 24.3 Å². The van der Waals surface area contributed by atoms with Gasteiger partial charge < -0.3 is 5.32 Å². The van der Waals surface area contributed by atoms with Crippen molar-refractivity contribution in [3.05, 3.63) is 70.2 Å². The molecule has 2 aromatic carbocycles. The summed E-state index contributed by atoms with van der Waals surface area (Å²) in [6.07, 6.45) is 4.39. The molecule has 2 aliphatic rings. The minimum atomic E-state index is -0.713. The van der Waals surface area contributed by atoms with Gasteiger partial charge >= 0.3 is 6.03 Å². The minimum Gasteiger partial charge on any atom is -0.323 e. The van der Waals surface area contributed by atoms with Crippen LogP contribution in [0.25, 0.3) is 0 Å². The Bertz CT molecular complexity index is 868. The van der Waals surface area contributed by atoms with E-state index >= 15 is 0 Å². The van der Waals surface area contributed by atoms with Gasteiger partial charge in [-0.1, -0.05) is 58.4 Å². The lowest BCUT2D eigenvalue weighted by atomic mass is 9.86. The predicted molar refractivity (Wildman–Crippen MR) is 124 cm³/mol. The van der Waals surface area contributed by atoms with Gasteiger partial charge in [0.25, 0.3) is 5.91 Å². The van der Waals surface area contributed by atoms with Gasteiger partial charge in [0.05, 0.1) is 0 Å². The lowest BCUT2D eigenvalue weighted by molar-refractivity contribution is -0.125. The first-order valence-corrected chi connectivity index (χ1v) is 11.0. The Labute approximate surface area is 192 Å². The van der Waals surface area contributed by atoms with Gasteiger partial charge in [-0.3, -0.25) is 15.0 Å². The highest BCUT2D eigenvalue weighted by Gasteiger charge is 2.48. The summed E-state index contributed by atoms with van der Waals surface area (Å²) in [6.45, 7) is 1.62. The zero-order valence-corrected chi connectivity index (χ0v) is 19.2. The van der Waals surface area contributed by atoms with Gasteiger partial charge in [0.1, 0.15) is 5.54 Å². The minimum absolute atomic E-state index is 0. The van der Waals surface area contributed by atoms with Crippen LogP contribution in [0.15, 0.2) is 59.1 Å². The molecule has 0 aliphatic carbocycles. The number of nitrogens with zero attached hydrogens (tertiary/aromatic N) is 1. The van der Waals surface area contributed by atoms with Gasteiger partial charge in [-0.15, -0.1) is 12.4 Å². The van der Waals surface area contributed by atoms with Crippen LogP contribution in [0.5, 0.6) is 0 Å². The summed E-state index contributed by atoms with van der Waals surface area (Å²) in [5, 5.41) is 5.26. The standard InChI is InChI=1S/C23H26BrN3O2.ClH/c24-19-9-6-18(7-10-19)16-20(11-8-17-4-2-1-3-5-17)27-14-12-23(13-15-27)21(28)25-22(29)26-23;/h1-7,9-10,20H,8,11-16H2,(H2,25,26,28,29);1H. The molecule has 2 heterocycles. The molecule has 4 rings (SSSR count). The van der Waals surface area contributed by atoms with Crippen molar-refractivity contribution in [2.24, 2.45) is 0 Å². The normalized spacial score (nSPS) is 19.1. The third kappa shape index (κ3) is 5.23. The first kappa shape index (κ1) is 22.8. The van der Waals surface area contributed by atoms with E-state index in [0.29, 0.717) is 18.9 Å². The lowest BCUT2D eigenvalue weighted by Gasteiger charge is -2.41. The van der Waals surface area contributed by atoms with Crippen LogP contribution in [0, 0.1) is 0 Å². The van der Waals surface area contributed by atoms with Crippen LogP contribution in [0.4, 0.5) is 4.79 Å². The predicted octanol–water partition coefficient (Wildman–Crippen LogP) is 4.09. The Morgan fingerprint density at radius 2 is 1.63 bits per heavy atom. The van der Waals surface area contributed by atoms with E-state index in [9.17, 15) is 9.59 Å². The summed E-state index contributed by atoms with van der Waals surface area (Å²) in [6, 6.07) is 19.2. The molecule has 0 bridgehead atoms. The highest BCUT2D eigenvalue weighted by Crippen LogP contribution is 2.28. The highest BCUT2D eigenvalue weighted by atomic mass is 79.9. The van der Waals surface area contributed by atoms with Crippen molar-refractivity contribution in [3.63, 3.8) is 0 Å². The third-order valence-corrected chi connectivity index (χ3v) is 6.70. The molecule has 1 atom stereocenters. The Morgan fingerprint density at radius 3 is 2.23 bits per heavy atom. The molecule has 30 heavy (non-hydrogen) atoms. The number of likely N-dealkylation sites (tertiary alicyclic amines) is 1. The van der Waals surface area contributed by atoms with Crippen molar-refractivity contribution in [1.29, 1.82) is 0 Å². The molecule has 1 unspecified atom stereocenters. The molecule has 7 heteroatoms. The molecule has 0 radical (unpaired) electrons. The molecular weight excluding hydrogens is 466 g/mol. The van der Waals surface area contributed by atoms with Crippen LogP contribution in [-0.4, -0.2) is 41.5 Å². The van der Waals surface area contributed by atoms with Crippen LogP contribution >= 0.6 is 28.3 Å². The second kappa shape index (κ2) is 9.94. The first-order valence-electron chi connectivity index (χ1n) is 10.2. The van der Waals surface area contributed by atoms with Crippen LogP contribution in [-0.2, 0) is 17.6 Å². The summed E-state index contributed by atoms with van der Waals surface area (Å²) in [7, 11) is 0. The molecule has 3 amide bonds. The summed E-state index contributed by atoms with van der Waals surface area (Å²) in [4.78, 5) is 26.4. The number of nitrogens with one attached hydrogen (secondary N) is 2. The quantitative estimate of drug-likeness (QED) is 0.597. The molecular formula is C23H27BrClN3O2. The van der Waals surface area contributed by atoms with Gasteiger partial charge in [0.2, 0.25) is 0 Å². The van der Waals surface area contributed by atoms with E-state index in [2.05, 4.69) is 80.0 Å². The molecule has 2 aliphatic heterocycles. The molecule has 0 aromatic heterocycles. The SMILES string of the molecule is Cl.O=C1NC(=O)C2(CCN(C(CCc3ccccc3)Cc3ccc(Br)cc3)CC2)N1. The van der Waals surface area contributed by atoms with Crippen LogP contribution < -0.4 is 10.6 Å². The number of benzene rings is 2. The van der Waals surface area contributed by atoms with Crippen LogP contribution in [0.2, 0.25) is 0 Å². The number of aryl methyl sites for hydroxylation is 1. The smallest absolute Gasteiger partial charge is 0.322 e. The number of amides is 3. The number of hydrogen-bond donors (Lipinski definition) is 2. The molecule has 2 N–H and O–H groups in total. The van der Waals surface area contributed by atoms with E-state index in [4.69, 9.17) is 0 Å². The second-order valence-corrected chi connectivity index (χ2v) is 8.95. The first-order chi connectivity index (χ1) is 14.0. The maximum absolute atomic E-state index is 12.3. The summed E-state index contributed by atoms with van der Waals surface area (Å²) in [5.74, 6) is -0.170. The molecule has 1 spiro atoms. The molecule has 2 aromatic rings. The van der Waals surface area contributed by atoms with Gasteiger partial charge in [-0.25, -0.2) is 4.79 Å². The summed E-state index contributed by atoms with van der Waals surface area (Å²) in [5.41, 5.74) is 1.96. The van der Waals surface area contributed by atoms with Gasteiger partial charge in [0.15, 0.2) is 0 Å². The Balaban J connectivity index is 0.00000256. The maximum Gasteiger partial charge on any atom is 0.322 e. The fraction of sp³-hybridized carbons (Fsp3) is 0.391. The number of imide groups is 1. The number of hydrogen-bond acceptors (Lipinski definition) is 3. The number of carbonyl (C=O) groups excluding carboxylic acids is 2. The topological polar surface area (TPSA) is 61.4 Å². The third-order valence-electron chi connectivity index (χ3n) is 6.18. The van der Waals surface area contributed by atoms with Gasteiger partial charge in [-0.05, 0) is 55.4 Å². The molecule has 5 nitrogen and oxygen atoms in total. The van der Waals surface area contributed by atoms with Crippen molar-refractivity contribution in [1.82, 2.24) is 15.5 Å². The van der Waals surface area contributed by atoms with Crippen molar-refractivity contribution < 1.29 is 9.59 Å². The number of carbonyl (C=O) groups is 2. The number of halogens is 2. The number of urea groups is 1. The molecule has 2 saturated heterocycles. The highest BCUT2D eigenvalue weighted by molar-refractivity contribution is 9.10. The van der Waals surface area contributed by atoms with E-state index < -0.39 is 5.54 Å². The fourth-order valence-corrected chi connectivity index (χ4v) is 4.70. The molecule has 2 fully saturated rings. The van der Waals surface area contributed by atoms with Gasteiger partial charge in [0, 0.05) is 23.6 Å². The van der Waals surface area contributed by atoms with Crippen molar-refractivity contribution in [2.75, 3.05) is 13.1 Å². The second-order valence-electron chi connectivity index (χ2n) is 8.04. The average Bonchev–Trinajstić information content (AvgIpc) is 3.01. The average molecular weight is 493 g/mol. The van der Waals surface area contributed by atoms with E-state index in [0.717, 1.165) is 36.8 Å². The van der Waals surface area contributed by atoms with Crippen LogP contribution in [0.1, 0.15) is 30.4 Å². The van der Waals surface area contributed by atoms with Crippen molar-refractivity contribution >= 4 is 40.3 Å². The zero-order valence-electron chi connectivity index (χ0n) is 16.8. The fourth-order valence-electron chi connectivity index (χ4n) is 4.44. The maximum atomic E-state index is 12.3. The number of rotatable bonds is 6. The summed E-state index contributed by atoms with van der Waals surface area (Å²) < 4.78 is 1.09. The Kier molecular flexibility index (Phi) is 7.55. The monoisotopic (exact) mass is 491 g/mol. The van der Waals surface area contributed by atoms with Crippen molar-refractivity contribution in [2.45, 2.75) is 43.7 Å². The van der Waals surface area contributed by atoms with Crippen LogP contribution in [0.3, 0.4) is 0 Å². The Hall–Kier alpha value is -1.89. The lowest BCUT2D eigenvalue weighted by Crippen LogP contribution is -2.56. The van der Waals surface area contributed by atoms with Crippen molar-refractivity contribution in [3.8, 4) is 0 Å². The Morgan fingerprint density at radius 1 is 0.967 bits per heavy atom. The largest absolute Gasteiger partial charge is 0.323 e. The zero-order chi connectivity index (χ0) is 20.3. The van der Waals surface area contributed by atoms with E-state index in [1.165, 1.54) is 11.1 Å². The van der Waals surface area contributed by atoms with E-state index in [1.807, 2.05) is 6.07 Å². The van der Waals surface area contributed by atoms with E-state index in [1.54, 1.807) is 0 Å². The summed E-state index contributed by atoms with van der Waals surface area (Å²) >= 11 is 3.51.